The van der Waals surface area contributed by atoms with E-state index in [2.05, 4.69) is 31.3 Å². The average molecular weight is 243 g/mol. The molecule has 0 bridgehead atoms. The molecule has 2 rings (SSSR count). The maximum absolute atomic E-state index is 12.0. The first-order chi connectivity index (χ1) is 8.59. The monoisotopic (exact) mass is 243 g/mol. The van der Waals surface area contributed by atoms with E-state index in [0.717, 1.165) is 30.5 Å². The van der Waals surface area contributed by atoms with Crippen LogP contribution in [0, 0.1) is 19.8 Å². The van der Waals surface area contributed by atoms with E-state index in [-0.39, 0.29) is 5.92 Å². The first-order valence-electron chi connectivity index (χ1n) is 6.65. The summed E-state index contributed by atoms with van der Waals surface area (Å²) in [6.45, 7) is 6.22. The van der Waals surface area contributed by atoms with Gasteiger partial charge in [-0.1, -0.05) is 19.1 Å². The molecule has 18 heavy (non-hydrogen) atoms. The predicted molar refractivity (Wildman–Crippen MR) is 75.6 cm³/mol. The van der Waals surface area contributed by atoms with Crippen LogP contribution in [0.4, 0.5) is 5.69 Å². The van der Waals surface area contributed by atoms with Crippen LogP contribution < -0.4 is 5.32 Å². The van der Waals surface area contributed by atoms with E-state index in [1.165, 1.54) is 11.1 Å². The van der Waals surface area contributed by atoms with E-state index >= 15 is 0 Å². The summed E-state index contributed by atoms with van der Waals surface area (Å²) in [5, 5.41) is 3.29. The van der Waals surface area contributed by atoms with Gasteiger partial charge in [0.25, 0.3) is 0 Å². The highest BCUT2D eigenvalue weighted by Crippen LogP contribution is 2.25. The smallest absolute Gasteiger partial charge is 0.163 e. The number of nitrogens with one attached hydrogen (secondary N) is 1. The van der Waals surface area contributed by atoms with Gasteiger partial charge in [-0.25, -0.2) is 0 Å². The number of benzene rings is 1. The van der Waals surface area contributed by atoms with E-state index in [1.807, 2.05) is 19.2 Å². The second kappa shape index (κ2) is 5.38. The standard InChI is InChI=1S/C16H21NO/c1-11-6-5-9-15(13(11)3)17-10-14-8-4-7-12(2)16(14)18/h5-6,9-10,12,17H,4,7-8H2,1-3H3/b14-10-/t12-/m0/s1. The van der Waals surface area contributed by atoms with E-state index < -0.39 is 0 Å². The van der Waals surface area contributed by atoms with Crippen LogP contribution in [0.2, 0.25) is 0 Å². The largest absolute Gasteiger partial charge is 0.361 e. The zero-order chi connectivity index (χ0) is 13.1. The molecule has 0 aliphatic heterocycles. The van der Waals surface area contributed by atoms with Gasteiger partial charge in [0, 0.05) is 23.4 Å². The molecule has 0 spiro atoms. The third kappa shape index (κ3) is 2.63. The third-order valence-electron chi connectivity index (χ3n) is 3.85. The highest BCUT2D eigenvalue weighted by atomic mass is 16.1. The second-order valence-electron chi connectivity index (χ2n) is 5.22. The van der Waals surface area contributed by atoms with E-state index in [4.69, 9.17) is 0 Å². The zero-order valence-electron chi connectivity index (χ0n) is 11.4. The number of hydrogen-bond donors (Lipinski definition) is 1. The quantitative estimate of drug-likeness (QED) is 0.796. The van der Waals surface area contributed by atoms with Gasteiger partial charge in [-0.3, -0.25) is 4.79 Å². The molecular weight excluding hydrogens is 222 g/mol. The minimum atomic E-state index is 0.186. The molecule has 0 heterocycles. The van der Waals surface area contributed by atoms with Crippen LogP contribution in [-0.4, -0.2) is 5.78 Å². The summed E-state index contributed by atoms with van der Waals surface area (Å²) in [5.41, 5.74) is 4.54. The minimum Gasteiger partial charge on any atom is -0.361 e. The normalized spacial score (nSPS) is 22.3. The fourth-order valence-electron chi connectivity index (χ4n) is 2.39. The number of rotatable bonds is 2. The topological polar surface area (TPSA) is 29.1 Å². The molecule has 2 nitrogen and oxygen atoms in total. The van der Waals surface area contributed by atoms with Gasteiger partial charge >= 0.3 is 0 Å². The van der Waals surface area contributed by atoms with Gasteiger partial charge in [0.2, 0.25) is 0 Å². The number of ketones is 1. The summed E-state index contributed by atoms with van der Waals surface area (Å²) in [6, 6.07) is 6.19. The van der Waals surface area contributed by atoms with Crippen LogP contribution in [0.5, 0.6) is 0 Å². The molecule has 96 valence electrons. The lowest BCUT2D eigenvalue weighted by Gasteiger charge is -2.19. The van der Waals surface area contributed by atoms with Gasteiger partial charge in [-0.05, 0) is 50.3 Å². The Morgan fingerprint density at radius 2 is 2.11 bits per heavy atom. The van der Waals surface area contributed by atoms with Crippen molar-refractivity contribution in [2.45, 2.75) is 40.0 Å². The SMILES string of the molecule is Cc1cccc(N/C=C2/CCC[C@H](C)C2=O)c1C. The number of allylic oxidation sites excluding steroid dienone is 1. The summed E-state index contributed by atoms with van der Waals surface area (Å²) >= 11 is 0. The van der Waals surface area contributed by atoms with Gasteiger partial charge < -0.3 is 5.32 Å². The Hall–Kier alpha value is -1.57. The molecule has 1 saturated carbocycles. The first-order valence-corrected chi connectivity index (χ1v) is 6.65. The molecule has 1 fully saturated rings. The van der Waals surface area contributed by atoms with Crippen molar-refractivity contribution in [1.29, 1.82) is 0 Å². The summed E-state index contributed by atoms with van der Waals surface area (Å²) < 4.78 is 0. The molecule has 0 amide bonds. The molecule has 1 atom stereocenters. The van der Waals surface area contributed by atoms with E-state index in [1.54, 1.807) is 0 Å². The lowest BCUT2D eigenvalue weighted by atomic mass is 9.86. The van der Waals surface area contributed by atoms with Crippen LogP contribution >= 0.6 is 0 Å². The number of anilines is 1. The van der Waals surface area contributed by atoms with Gasteiger partial charge in [0.15, 0.2) is 5.78 Å². The Labute approximate surface area is 109 Å². The van der Waals surface area contributed by atoms with Crippen LogP contribution in [0.1, 0.15) is 37.3 Å². The fourth-order valence-corrected chi connectivity index (χ4v) is 2.39. The Morgan fingerprint density at radius 1 is 1.33 bits per heavy atom. The lowest BCUT2D eigenvalue weighted by molar-refractivity contribution is -0.119. The van der Waals surface area contributed by atoms with Crippen molar-refractivity contribution in [3.8, 4) is 0 Å². The van der Waals surface area contributed by atoms with E-state index in [9.17, 15) is 4.79 Å². The molecule has 1 aromatic rings. The summed E-state index contributed by atoms with van der Waals surface area (Å²) in [4.78, 5) is 12.0. The predicted octanol–water partition coefficient (Wildman–Crippen LogP) is 3.99. The summed E-state index contributed by atoms with van der Waals surface area (Å²) in [7, 11) is 0. The maximum Gasteiger partial charge on any atom is 0.163 e. The lowest BCUT2D eigenvalue weighted by Crippen LogP contribution is -2.19. The van der Waals surface area contributed by atoms with Crippen molar-refractivity contribution in [2.24, 2.45) is 5.92 Å². The van der Waals surface area contributed by atoms with Crippen LogP contribution in [0.25, 0.3) is 0 Å². The third-order valence-corrected chi connectivity index (χ3v) is 3.85. The number of aryl methyl sites for hydroxylation is 1. The van der Waals surface area contributed by atoms with Crippen molar-refractivity contribution in [2.75, 3.05) is 5.32 Å². The molecule has 2 heteroatoms. The summed E-state index contributed by atoms with van der Waals surface area (Å²) in [5.74, 6) is 0.490. The highest BCUT2D eigenvalue weighted by molar-refractivity contribution is 5.97. The van der Waals surface area contributed by atoms with Crippen molar-refractivity contribution >= 4 is 11.5 Å². The number of hydrogen-bond acceptors (Lipinski definition) is 2. The highest BCUT2D eigenvalue weighted by Gasteiger charge is 2.22. The number of carbonyl (C=O) groups excluding carboxylic acids is 1. The van der Waals surface area contributed by atoms with Crippen molar-refractivity contribution in [3.05, 3.63) is 41.1 Å². The molecular formula is C16H21NO. The fraction of sp³-hybridized carbons (Fsp3) is 0.438. The van der Waals surface area contributed by atoms with Crippen molar-refractivity contribution in [1.82, 2.24) is 0 Å². The van der Waals surface area contributed by atoms with Crippen molar-refractivity contribution < 1.29 is 4.79 Å². The number of Topliss-reactive ketones (excluding diaryl/α,β-unsaturated/α-hetero) is 1. The average Bonchev–Trinajstić information content (AvgIpc) is 2.36. The van der Waals surface area contributed by atoms with Gasteiger partial charge in [0.1, 0.15) is 0 Å². The molecule has 1 aliphatic carbocycles. The van der Waals surface area contributed by atoms with Gasteiger partial charge in [-0.15, -0.1) is 0 Å². The van der Waals surface area contributed by atoms with Crippen LogP contribution in [0.15, 0.2) is 30.0 Å². The molecule has 0 aromatic heterocycles. The zero-order valence-corrected chi connectivity index (χ0v) is 11.4. The molecule has 1 aromatic carbocycles. The van der Waals surface area contributed by atoms with Gasteiger partial charge in [0.05, 0.1) is 0 Å². The maximum atomic E-state index is 12.0. The second-order valence-corrected chi connectivity index (χ2v) is 5.22. The Balaban J connectivity index is 2.15. The molecule has 1 N–H and O–H groups in total. The Bertz CT molecular complexity index is 488. The number of carbonyl (C=O) groups is 1. The summed E-state index contributed by atoms with van der Waals surface area (Å²) in [6.07, 6.45) is 4.95. The van der Waals surface area contributed by atoms with Crippen LogP contribution in [-0.2, 0) is 4.79 Å². The molecule has 1 aliphatic rings. The Kier molecular flexibility index (Phi) is 3.85. The first kappa shape index (κ1) is 12.9. The molecule has 0 radical (unpaired) electrons. The van der Waals surface area contributed by atoms with Gasteiger partial charge in [-0.2, -0.15) is 0 Å². The van der Waals surface area contributed by atoms with Crippen molar-refractivity contribution in [3.63, 3.8) is 0 Å². The minimum absolute atomic E-state index is 0.186. The Morgan fingerprint density at radius 3 is 2.89 bits per heavy atom. The molecule has 0 unspecified atom stereocenters. The van der Waals surface area contributed by atoms with E-state index in [0.29, 0.717) is 5.78 Å². The van der Waals surface area contributed by atoms with Crippen LogP contribution in [0.3, 0.4) is 0 Å². The molecule has 0 saturated heterocycles.